The summed E-state index contributed by atoms with van der Waals surface area (Å²) >= 11 is 0. The number of amides is 2. The van der Waals surface area contributed by atoms with E-state index in [4.69, 9.17) is 0 Å². The molecule has 0 saturated carbocycles. The highest BCUT2D eigenvalue weighted by Crippen LogP contribution is 2.20. The number of hydrogen-bond acceptors (Lipinski definition) is 4. The van der Waals surface area contributed by atoms with Gasteiger partial charge in [-0.05, 0) is 68.5 Å². The molecule has 0 spiro atoms. The number of likely N-dealkylation sites (tertiary alicyclic amines) is 1. The second-order valence-electron chi connectivity index (χ2n) is 7.51. The molecule has 0 aliphatic carbocycles. The standard InChI is InChI=1S/C22H28N4O2/c1-16-5-3-6-17(2)20(16)25-22(28)21(27)24-14-18-8-11-26(12-9-18)15-19-7-4-10-23-13-19/h3-7,10,13,18H,8-9,11-12,14-15H2,1-2H3,(H,24,27)(H,25,28). The molecule has 0 radical (unpaired) electrons. The lowest BCUT2D eigenvalue weighted by molar-refractivity contribution is -0.136. The van der Waals surface area contributed by atoms with Crippen LogP contribution in [0.25, 0.3) is 0 Å². The van der Waals surface area contributed by atoms with Gasteiger partial charge in [-0.1, -0.05) is 24.3 Å². The number of carbonyl (C=O) groups excluding carboxylic acids is 2. The minimum atomic E-state index is -0.605. The molecule has 148 valence electrons. The van der Waals surface area contributed by atoms with Crippen LogP contribution < -0.4 is 10.6 Å². The molecule has 6 heteroatoms. The number of piperidine rings is 1. The molecule has 0 unspecified atom stereocenters. The number of nitrogens with zero attached hydrogens (tertiary/aromatic N) is 2. The Morgan fingerprint density at radius 2 is 1.79 bits per heavy atom. The van der Waals surface area contributed by atoms with E-state index in [1.165, 1.54) is 5.56 Å². The van der Waals surface area contributed by atoms with E-state index in [0.717, 1.165) is 43.6 Å². The van der Waals surface area contributed by atoms with Gasteiger partial charge < -0.3 is 10.6 Å². The predicted molar refractivity (Wildman–Crippen MR) is 110 cm³/mol. The second kappa shape index (κ2) is 9.46. The van der Waals surface area contributed by atoms with Crippen LogP contribution in [0, 0.1) is 19.8 Å². The Kier molecular flexibility index (Phi) is 6.76. The SMILES string of the molecule is Cc1cccc(C)c1NC(=O)C(=O)NCC1CCN(Cc2cccnc2)CC1. The monoisotopic (exact) mass is 380 g/mol. The van der Waals surface area contributed by atoms with Crippen molar-refractivity contribution in [3.63, 3.8) is 0 Å². The lowest BCUT2D eigenvalue weighted by Crippen LogP contribution is -2.41. The van der Waals surface area contributed by atoms with Gasteiger partial charge in [0, 0.05) is 31.2 Å². The maximum Gasteiger partial charge on any atom is 0.313 e. The number of rotatable bonds is 5. The van der Waals surface area contributed by atoms with Crippen molar-refractivity contribution < 1.29 is 9.59 Å². The van der Waals surface area contributed by atoms with Crippen molar-refractivity contribution in [2.45, 2.75) is 33.2 Å². The lowest BCUT2D eigenvalue weighted by atomic mass is 9.96. The van der Waals surface area contributed by atoms with Gasteiger partial charge in [-0.2, -0.15) is 0 Å². The molecule has 1 aromatic carbocycles. The van der Waals surface area contributed by atoms with Gasteiger partial charge in [0.2, 0.25) is 0 Å². The number of anilines is 1. The Labute approximate surface area is 166 Å². The van der Waals surface area contributed by atoms with Crippen LogP contribution >= 0.6 is 0 Å². The molecule has 2 amide bonds. The van der Waals surface area contributed by atoms with Gasteiger partial charge >= 0.3 is 11.8 Å². The molecular weight excluding hydrogens is 352 g/mol. The Morgan fingerprint density at radius 1 is 1.07 bits per heavy atom. The van der Waals surface area contributed by atoms with Crippen molar-refractivity contribution in [3.05, 3.63) is 59.4 Å². The van der Waals surface area contributed by atoms with E-state index in [1.54, 1.807) is 6.20 Å². The Hall–Kier alpha value is -2.73. The highest BCUT2D eigenvalue weighted by atomic mass is 16.2. The summed E-state index contributed by atoms with van der Waals surface area (Å²) in [4.78, 5) is 31.0. The van der Waals surface area contributed by atoms with Crippen molar-refractivity contribution in [1.82, 2.24) is 15.2 Å². The molecule has 1 aromatic heterocycles. The molecule has 2 aromatic rings. The summed E-state index contributed by atoms with van der Waals surface area (Å²) in [5.74, 6) is -0.769. The maximum absolute atomic E-state index is 12.2. The Bertz CT molecular complexity index is 794. The number of para-hydroxylation sites is 1. The van der Waals surface area contributed by atoms with E-state index in [1.807, 2.05) is 44.3 Å². The van der Waals surface area contributed by atoms with E-state index in [2.05, 4.69) is 26.6 Å². The van der Waals surface area contributed by atoms with Crippen LogP contribution in [0.1, 0.15) is 29.5 Å². The molecule has 3 rings (SSSR count). The number of carbonyl (C=O) groups is 2. The van der Waals surface area contributed by atoms with Crippen molar-refractivity contribution >= 4 is 17.5 Å². The number of pyridine rings is 1. The van der Waals surface area contributed by atoms with E-state index in [-0.39, 0.29) is 0 Å². The summed E-state index contributed by atoms with van der Waals surface area (Å²) in [6.07, 6.45) is 5.72. The summed E-state index contributed by atoms with van der Waals surface area (Å²) in [6, 6.07) is 9.82. The van der Waals surface area contributed by atoms with Gasteiger partial charge in [0.25, 0.3) is 0 Å². The molecule has 0 atom stereocenters. The average molecular weight is 380 g/mol. The molecule has 1 fully saturated rings. The number of aryl methyl sites for hydroxylation is 2. The predicted octanol–water partition coefficient (Wildman–Crippen LogP) is 2.67. The smallest absolute Gasteiger partial charge is 0.313 e. The highest BCUT2D eigenvalue weighted by molar-refractivity contribution is 6.39. The van der Waals surface area contributed by atoms with E-state index >= 15 is 0 Å². The van der Waals surface area contributed by atoms with Crippen LogP contribution in [0.4, 0.5) is 5.69 Å². The molecule has 6 nitrogen and oxygen atoms in total. The second-order valence-corrected chi connectivity index (χ2v) is 7.51. The van der Waals surface area contributed by atoms with E-state index < -0.39 is 11.8 Å². The Morgan fingerprint density at radius 3 is 2.43 bits per heavy atom. The van der Waals surface area contributed by atoms with Crippen molar-refractivity contribution in [2.24, 2.45) is 5.92 Å². The fraction of sp³-hybridized carbons (Fsp3) is 0.409. The molecule has 2 heterocycles. The fourth-order valence-electron chi connectivity index (χ4n) is 3.60. The van der Waals surface area contributed by atoms with E-state index in [0.29, 0.717) is 18.2 Å². The molecule has 28 heavy (non-hydrogen) atoms. The number of benzene rings is 1. The summed E-state index contributed by atoms with van der Waals surface area (Å²) in [5.41, 5.74) is 3.83. The fourth-order valence-corrected chi connectivity index (χ4v) is 3.60. The number of hydrogen-bond donors (Lipinski definition) is 2. The zero-order valence-corrected chi connectivity index (χ0v) is 16.6. The molecule has 1 aliphatic rings. The molecule has 1 aliphatic heterocycles. The molecule has 2 N–H and O–H groups in total. The van der Waals surface area contributed by atoms with Crippen molar-refractivity contribution in [2.75, 3.05) is 25.0 Å². The first-order valence-corrected chi connectivity index (χ1v) is 9.79. The maximum atomic E-state index is 12.2. The molecule has 0 bridgehead atoms. The van der Waals surface area contributed by atoms with Crippen molar-refractivity contribution in [1.29, 1.82) is 0 Å². The van der Waals surface area contributed by atoms with Crippen LogP contribution in [-0.4, -0.2) is 41.3 Å². The van der Waals surface area contributed by atoms with E-state index in [9.17, 15) is 9.59 Å². The molecular formula is C22H28N4O2. The van der Waals surface area contributed by atoms with Gasteiger partial charge in [-0.3, -0.25) is 19.5 Å². The van der Waals surface area contributed by atoms with Crippen LogP contribution in [0.5, 0.6) is 0 Å². The number of nitrogens with one attached hydrogen (secondary N) is 2. The third-order valence-electron chi connectivity index (χ3n) is 5.31. The largest absolute Gasteiger partial charge is 0.348 e. The summed E-state index contributed by atoms with van der Waals surface area (Å²) < 4.78 is 0. The van der Waals surface area contributed by atoms with Crippen LogP contribution in [0.2, 0.25) is 0 Å². The first-order valence-electron chi connectivity index (χ1n) is 9.79. The van der Waals surface area contributed by atoms with Crippen LogP contribution in [-0.2, 0) is 16.1 Å². The normalized spacial score (nSPS) is 15.2. The zero-order chi connectivity index (χ0) is 19.9. The van der Waals surface area contributed by atoms with Gasteiger partial charge in [-0.15, -0.1) is 0 Å². The first kappa shape index (κ1) is 20.0. The Balaban J connectivity index is 1.41. The minimum Gasteiger partial charge on any atom is -0.348 e. The lowest BCUT2D eigenvalue weighted by Gasteiger charge is -2.31. The third kappa shape index (κ3) is 5.39. The minimum absolute atomic E-state index is 0.405. The van der Waals surface area contributed by atoms with Gasteiger partial charge in [0.05, 0.1) is 0 Å². The number of aromatic nitrogens is 1. The first-order chi connectivity index (χ1) is 13.5. The quantitative estimate of drug-likeness (QED) is 0.782. The summed E-state index contributed by atoms with van der Waals surface area (Å²) in [6.45, 7) is 7.26. The third-order valence-corrected chi connectivity index (χ3v) is 5.31. The van der Waals surface area contributed by atoms with Gasteiger partial charge in [0.15, 0.2) is 0 Å². The van der Waals surface area contributed by atoms with Gasteiger partial charge in [-0.25, -0.2) is 0 Å². The highest BCUT2D eigenvalue weighted by Gasteiger charge is 2.22. The van der Waals surface area contributed by atoms with Crippen LogP contribution in [0.15, 0.2) is 42.7 Å². The summed E-state index contributed by atoms with van der Waals surface area (Å²) in [5, 5.41) is 5.53. The van der Waals surface area contributed by atoms with Crippen molar-refractivity contribution in [3.8, 4) is 0 Å². The van der Waals surface area contributed by atoms with Crippen LogP contribution in [0.3, 0.4) is 0 Å². The topological polar surface area (TPSA) is 74.3 Å². The summed E-state index contributed by atoms with van der Waals surface area (Å²) in [7, 11) is 0. The molecule has 1 saturated heterocycles. The average Bonchev–Trinajstić information content (AvgIpc) is 2.70. The zero-order valence-electron chi connectivity index (χ0n) is 16.6. The van der Waals surface area contributed by atoms with Gasteiger partial charge in [0.1, 0.15) is 0 Å².